The summed E-state index contributed by atoms with van der Waals surface area (Å²) in [6.07, 6.45) is 4.39. The van der Waals surface area contributed by atoms with Gasteiger partial charge in [0.05, 0.1) is 38.8 Å². The summed E-state index contributed by atoms with van der Waals surface area (Å²) in [7, 11) is 3.16. The maximum absolute atomic E-state index is 12.1. The number of carbonyl (C=O) groups is 1. The van der Waals surface area contributed by atoms with Crippen molar-refractivity contribution < 1.29 is 19.0 Å². The van der Waals surface area contributed by atoms with Gasteiger partial charge in [0.1, 0.15) is 0 Å². The third kappa shape index (κ3) is 4.21. The van der Waals surface area contributed by atoms with Crippen molar-refractivity contribution in [3.63, 3.8) is 0 Å². The number of anilines is 1. The largest absolute Gasteiger partial charge is 0.493 e. The average molecular weight is 346 g/mol. The van der Waals surface area contributed by atoms with E-state index in [0.29, 0.717) is 30.3 Å². The van der Waals surface area contributed by atoms with Crippen molar-refractivity contribution in [1.29, 1.82) is 0 Å². The molecule has 2 aromatic rings. The van der Waals surface area contributed by atoms with Crippen molar-refractivity contribution in [2.45, 2.75) is 19.0 Å². The minimum absolute atomic E-state index is 0.241. The Balaban J connectivity index is 1.52. The van der Waals surface area contributed by atoms with E-state index >= 15 is 0 Å². The van der Waals surface area contributed by atoms with Gasteiger partial charge in [0.2, 0.25) is 0 Å². The smallest absolute Gasteiger partial charge is 0.319 e. The minimum atomic E-state index is -0.294. The molecule has 1 aromatic heterocycles. The van der Waals surface area contributed by atoms with Gasteiger partial charge >= 0.3 is 6.03 Å². The Morgan fingerprint density at radius 1 is 1.36 bits per heavy atom. The first kappa shape index (κ1) is 17.1. The molecule has 1 aliphatic heterocycles. The lowest BCUT2D eigenvalue weighted by Crippen LogP contribution is -2.28. The van der Waals surface area contributed by atoms with E-state index in [1.54, 1.807) is 20.4 Å². The van der Waals surface area contributed by atoms with E-state index in [9.17, 15) is 4.79 Å². The van der Waals surface area contributed by atoms with Crippen molar-refractivity contribution in [2.75, 3.05) is 32.8 Å². The Morgan fingerprint density at radius 2 is 2.20 bits per heavy atom. The molecule has 1 aliphatic rings. The van der Waals surface area contributed by atoms with Crippen LogP contribution in [0.1, 0.15) is 18.0 Å². The molecule has 25 heavy (non-hydrogen) atoms. The lowest BCUT2D eigenvalue weighted by Gasteiger charge is -2.10. The fraction of sp³-hybridized carbons (Fsp3) is 0.412. The minimum Gasteiger partial charge on any atom is -0.493 e. The summed E-state index contributed by atoms with van der Waals surface area (Å²) in [6, 6.07) is 5.46. The molecule has 0 radical (unpaired) electrons. The van der Waals surface area contributed by atoms with Crippen LogP contribution in [-0.4, -0.2) is 43.2 Å². The van der Waals surface area contributed by atoms with Crippen LogP contribution in [0.2, 0.25) is 0 Å². The molecule has 2 amide bonds. The zero-order chi connectivity index (χ0) is 17.6. The van der Waals surface area contributed by atoms with E-state index in [1.807, 2.05) is 29.1 Å². The van der Waals surface area contributed by atoms with Crippen LogP contribution in [0.3, 0.4) is 0 Å². The average Bonchev–Trinajstić information content (AvgIpc) is 3.31. The molecule has 0 unspecified atom stereocenters. The second-order valence-electron chi connectivity index (χ2n) is 5.72. The number of hydrogen-bond donors (Lipinski definition) is 2. The predicted octanol–water partition coefficient (Wildman–Crippen LogP) is 2.18. The molecule has 0 aliphatic carbocycles. The number of nitrogens with one attached hydrogen (secondary N) is 2. The highest BCUT2D eigenvalue weighted by Gasteiger charge is 2.18. The summed E-state index contributed by atoms with van der Waals surface area (Å²) < 4.78 is 17.6. The molecule has 0 saturated carbocycles. The van der Waals surface area contributed by atoms with Gasteiger partial charge in [-0.25, -0.2) is 4.79 Å². The lowest BCUT2D eigenvalue weighted by molar-refractivity contribution is 0.184. The number of hydrogen-bond acceptors (Lipinski definition) is 5. The second kappa shape index (κ2) is 7.89. The van der Waals surface area contributed by atoms with Gasteiger partial charge in [-0.1, -0.05) is 6.07 Å². The molecule has 2 heterocycles. The number of carbonyl (C=O) groups excluding carboxylic acids is 1. The number of rotatable bonds is 6. The zero-order valence-electron chi connectivity index (χ0n) is 14.3. The molecule has 8 heteroatoms. The Morgan fingerprint density at radius 3 is 2.92 bits per heavy atom. The van der Waals surface area contributed by atoms with Crippen LogP contribution in [-0.2, 0) is 11.3 Å². The molecular formula is C17H22N4O4. The number of urea groups is 1. The molecule has 1 aromatic carbocycles. The lowest BCUT2D eigenvalue weighted by atomic mass is 10.2. The first-order valence-electron chi connectivity index (χ1n) is 8.07. The van der Waals surface area contributed by atoms with E-state index in [1.165, 1.54) is 0 Å². The van der Waals surface area contributed by atoms with Gasteiger partial charge in [-0.2, -0.15) is 5.10 Å². The maximum Gasteiger partial charge on any atom is 0.319 e. The monoisotopic (exact) mass is 346 g/mol. The van der Waals surface area contributed by atoms with Gasteiger partial charge in [0, 0.05) is 19.3 Å². The second-order valence-corrected chi connectivity index (χ2v) is 5.72. The fourth-order valence-corrected chi connectivity index (χ4v) is 2.68. The standard InChI is InChI=1S/C17H22N4O4/c1-23-15-4-3-12(7-16(15)24-2)8-18-17(22)20-13-9-19-21(10-13)14-5-6-25-11-14/h3-4,7,9-10,14H,5-6,8,11H2,1-2H3,(H2,18,20,22)/t14-/m1/s1. The van der Waals surface area contributed by atoms with Gasteiger partial charge in [-0.3, -0.25) is 4.68 Å². The molecule has 3 rings (SSSR count). The van der Waals surface area contributed by atoms with Crippen molar-refractivity contribution >= 4 is 11.7 Å². The summed E-state index contributed by atoms with van der Waals surface area (Å²) in [6.45, 7) is 1.78. The first-order chi connectivity index (χ1) is 12.2. The van der Waals surface area contributed by atoms with Gasteiger partial charge in [-0.15, -0.1) is 0 Å². The van der Waals surface area contributed by atoms with Crippen molar-refractivity contribution in [1.82, 2.24) is 15.1 Å². The van der Waals surface area contributed by atoms with E-state index in [2.05, 4.69) is 15.7 Å². The molecular weight excluding hydrogens is 324 g/mol. The van der Waals surface area contributed by atoms with Crippen molar-refractivity contribution in [3.8, 4) is 11.5 Å². The van der Waals surface area contributed by atoms with Gasteiger partial charge in [-0.05, 0) is 24.1 Å². The Hall–Kier alpha value is -2.74. The normalized spacial score (nSPS) is 16.5. The molecule has 0 spiro atoms. The van der Waals surface area contributed by atoms with Crippen molar-refractivity contribution in [3.05, 3.63) is 36.2 Å². The van der Waals surface area contributed by atoms with Gasteiger partial charge < -0.3 is 24.8 Å². The summed E-state index contributed by atoms with van der Waals surface area (Å²) in [5, 5.41) is 9.86. The summed E-state index contributed by atoms with van der Waals surface area (Å²) >= 11 is 0. The van der Waals surface area contributed by atoms with Crippen LogP contribution >= 0.6 is 0 Å². The van der Waals surface area contributed by atoms with Crippen LogP contribution in [0.4, 0.5) is 10.5 Å². The Kier molecular flexibility index (Phi) is 5.39. The predicted molar refractivity (Wildman–Crippen MR) is 92.1 cm³/mol. The van der Waals surface area contributed by atoms with Crippen LogP contribution < -0.4 is 20.1 Å². The molecule has 1 atom stereocenters. The van der Waals surface area contributed by atoms with E-state index in [4.69, 9.17) is 14.2 Å². The fourth-order valence-electron chi connectivity index (χ4n) is 2.68. The number of aromatic nitrogens is 2. The highest BCUT2D eigenvalue weighted by molar-refractivity contribution is 5.88. The summed E-state index contributed by atoms with van der Waals surface area (Å²) in [5.74, 6) is 1.28. The van der Waals surface area contributed by atoms with Crippen LogP contribution in [0.5, 0.6) is 11.5 Å². The zero-order valence-corrected chi connectivity index (χ0v) is 14.3. The topological polar surface area (TPSA) is 86.6 Å². The quantitative estimate of drug-likeness (QED) is 0.837. The molecule has 1 saturated heterocycles. The molecule has 8 nitrogen and oxygen atoms in total. The number of amides is 2. The molecule has 134 valence electrons. The maximum atomic E-state index is 12.1. The number of benzene rings is 1. The first-order valence-corrected chi connectivity index (χ1v) is 8.07. The highest BCUT2D eigenvalue weighted by atomic mass is 16.5. The van der Waals surface area contributed by atoms with E-state index in [-0.39, 0.29) is 12.1 Å². The van der Waals surface area contributed by atoms with Crippen LogP contribution in [0, 0.1) is 0 Å². The van der Waals surface area contributed by atoms with Crippen molar-refractivity contribution in [2.24, 2.45) is 0 Å². The molecule has 0 bridgehead atoms. The SMILES string of the molecule is COc1ccc(CNC(=O)Nc2cnn([C@@H]3CCOC3)c2)cc1OC. The van der Waals surface area contributed by atoms with E-state index < -0.39 is 0 Å². The molecule has 2 N–H and O–H groups in total. The van der Waals surface area contributed by atoms with E-state index in [0.717, 1.165) is 18.6 Å². The van der Waals surface area contributed by atoms with Crippen LogP contribution in [0.25, 0.3) is 0 Å². The summed E-state index contributed by atoms with van der Waals surface area (Å²) in [5.41, 5.74) is 1.56. The Labute approximate surface area is 146 Å². The number of methoxy groups -OCH3 is 2. The number of ether oxygens (including phenoxy) is 3. The Bertz CT molecular complexity index is 725. The highest BCUT2D eigenvalue weighted by Crippen LogP contribution is 2.27. The molecule has 1 fully saturated rings. The third-order valence-corrected chi connectivity index (χ3v) is 4.04. The van der Waals surface area contributed by atoms with Gasteiger partial charge in [0.15, 0.2) is 11.5 Å². The van der Waals surface area contributed by atoms with Crippen LogP contribution in [0.15, 0.2) is 30.6 Å². The van der Waals surface area contributed by atoms with Gasteiger partial charge in [0.25, 0.3) is 0 Å². The summed E-state index contributed by atoms with van der Waals surface area (Å²) in [4.78, 5) is 12.1. The third-order valence-electron chi connectivity index (χ3n) is 4.04. The number of nitrogens with zero attached hydrogens (tertiary/aromatic N) is 2.